The summed E-state index contributed by atoms with van der Waals surface area (Å²) >= 11 is 0. The van der Waals surface area contributed by atoms with Crippen molar-refractivity contribution in [1.82, 2.24) is 0 Å². The fraction of sp³-hybridized carbons (Fsp3) is 0.800. The van der Waals surface area contributed by atoms with Crippen molar-refractivity contribution in [2.24, 2.45) is 0 Å². The second-order valence-electron chi connectivity index (χ2n) is 3.86. The Bertz CT molecular complexity index is 216. The molecule has 5 nitrogen and oxygen atoms in total. The molecule has 1 N–H and O–H groups in total. The molecular weight excluding hydrogens is 200 g/mol. The number of hydrogen-bond donors (Lipinski definition) is 1. The molecule has 0 aromatic carbocycles. The number of carbonyl (C=O) groups is 2. The van der Waals surface area contributed by atoms with Gasteiger partial charge in [0.15, 0.2) is 0 Å². The summed E-state index contributed by atoms with van der Waals surface area (Å²) in [6.45, 7) is 3.42. The van der Waals surface area contributed by atoms with Gasteiger partial charge in [0.2, 0.25) is 0 Å². The van der Waals surface area contributed by atoms with Crippen LogP contribution in [0.5, 0.6) is 0 Å². The van der Waals surface area contributed by atoms with Gasteiger partial charge in [0.05, 0.1) is 32.2 Å². The normalized spacial score (nSPS) is 10.9. The second-order valence-corrected chi connectivity index (χ2v) is 3.86. The molecule has 0 saturated carbocycles. The van der Waals surface area contributed by atoms with Gasteiger partial charge in [-0.15, -0.1) is 0 Å². The first-order valence-corrected chi connectivity index (χ1v) is 4.80. The van der Waals surface area contributed by atoms with Crippen LogP contribution in [0.25, 0.3) is 0 Å². The van der Waals surface area contributed by atoms with E-state index in [1.807, 2.05) is 0 Å². The summed E-state index contributed by atoms with van der Waals surface area (Å²) in [7, 11) is 1.27. The summed E-state index contributed by atoms with van der Waals surface area (Å²) in [6, 6.07) is 0. The van der Waals surface area contributed by atoms with Crippen LogP contribution in [0.3, 0.4) is 0 Å². The van der Waals surface area contributed by atoms with Crippen molar-refractivity contribution < 1.29 is 24.2 Å². The van der Waals surface area contributed by atoms with Crippen molar-refractivity contribution in [2.45, 2.75) is 38.7 Å². The number of rotatable bonds is 6. The molecule has 0 radical (unpaired) electrons. The molecule has 0 amide bonds. The second kappa shape index (κ2) is 6.40. The minimum atomic E-state index is -0.845. The number of hydrogen-bond acceptors (Lipinski definition) is 5. The van der Waals surface area contributed by atoms with E-state index < -0.39 is 17.5 Å². The molecule has 0 aliphatic heterocycles. The molecule has 88 valence electrons. The lowest BCUT2D eigenvalue weighted by Gasteiger charge is -2.16. The van der Waals surface area contributed by atoms with Gasteiger partial charge < -0.3 is 14.6 Å². The molecule has 5 heteroatoms. The Morgan fingerprint density at radius 2 is 1.73 bits per heavy atom. The predicted molar refractivity (Wildman–Crippen MR) is 53.1 cm³/mol. The zero-order chi connectivity index (χ0) is 11.9. The molecule has 0 aromatic rings. The van der Waals surface area contributed by atoms with Crippen molar-refractivity contribution in [3.8, 4) is 0 Å². The van der Waals surface area contributed by atoms with Crippen LogP contribution < -0.4 is 0 Å². The minimum absolute atomic E-state index is 0.0124. The first kappa shape index (κ1) is 13.9. The maximum Gasteiger partial charge on any atom is 0.306 e. The smallest absolute Gasteiger partial charge is 0.306 e. The highest BCUT2D eigenvalue weighted by atomic mass is 16.5. The van der Waals surface area contributed by atoms with Gasteiger partial charge in [-0.25, -0.2) is 0 Å². The van der Waals surface area contributed by atoms with Gasteiger partial charge in [-0.05, 0) is 13.8 Å². The fourth-order valence-corrected chi connectivity index (χ4v) is 0.793. The summed E-state index contributed by atoms with van der Waals surface area (Å²) in [6.07, 6.45) is 0.410. The SMILES string of the molecule is COC(=O)CCC(=O)OCCC(C)(C)O. The zero-order valence-electron chi connectivity index (χ0n) is 9.41. The monoisotopic (exact) mass is 218 g/mol. The average Bonchev–Trinajstić information content (AvgIpc) is 2.12. The Morgan fingerprint density at radius 3 is 2.20 bits per heavy atom. The van der Waals surface area contributed by atoms with Gasteiger partial charge in [0.1, 0.15) is 0 Å². The van der Waals surface area contributed by atoms with Crippen LogP contribution in [0.1, 0.15) is 33.1 Å². The van der Waals surface area contributed by atoms with Crippen molar-refractivity contribution in [3.63, 3.8) is 0 Å². The molecule has 0 unspecified atom stereocenters. The highest BCUT2D eigenvalue weighted by molar-refractivity contribution is 5.77. The number of ether oxygens (including phenoxy) is 2. The van der Waals surface area contributed by atoms with Crippen LogP contribution >= 0.6 is 0 Å². The van der Waals surface area contributed by atoms with E-state index in [2.05, 4.69) is 4.74 Å². The molecule has 0 spiro atoms. The Morgan fingerprint density at radius 1 is 1.20 bits per heavy atom. The summed E-state index contributed by atoms with van der Waals surface area (Å²) < 4.78 is 9.18. The molecule has 0 fully saturated rings. The summed E-state index contributed by atoms with van der Waals surface area (Å²) in [5, 5.41) is 9.32. The topological polar surface area (TPSA) is 72.8 Å². The number of carbonyl (C=O) groups excluding carboxylic acids is 2. The highest BCUT2D eigenvalue weighted by Gasteiger charge is 2.14. The van der Waals surface area contributed by atoms with Gasteiger partial charge >= 0.3 is 11.9 Å². The van der Waals surface area contributed by atoms with Crippen molar-refractivity contribution in [1.29, 1.82) is 0 Å². The number of aliphatic hydroxyl groups is 1. The van der Waals surface area contributed by atoms with Crippen LogP contribution in [0.2, 0.25) is 0 Å². The summed E-state index contributed by atoms with van der Waals surface area (Å²) in [4.78, 5) is 21.7. The van der Waals surface area contributed by atoms with E-state index in [1.165, 1.54) is 7.11 Å². The molecule has 0 atom stereocenters. The third-order valence-electron chi connectivity index (χ3n) is 1.74. The van der Waals surface area contributed by atoms with Crippen LogP contribution in [0.15, 0.2) is 0 Å². The predicted octanol–water partition coefficient (Wildman–Crippen LogP) is 0.644. The molecule has 0 aliphatic rings. The van der Waals surface area contributed by atoms with Gasteiger partial charge in [-0.1, -0.05) is 0 Å². The molecule has 0 saturated heterocycles. The lowest BCUT2D eigenvalue weighted by molar-refractivity contribution is -0.149. The minimum Gasteiger partial charge on any atom is -0.469 e. The molecule has 0 bridgehead atoms. The van der Waals surface area contributed by atoms with E-state index in [0.717, 1.165) is 0 Å². The maximum atomic E-state index is 11.0. The summed E-state index contributed by atoms with van der Waals surface area (Å²) in [5.41, 5.74) is -0.845. The van der Waals surface area contributed by atoms with Gasteiger partial charge in [-0.2, -0.15) is 0 Å². The van der Waals surface area contributed by atoms with Crippen molar-refractivity contribution in [2.75, 3.05) is 13.7 Å². The van der Waals surface area contributed by atoms with E-state index >= 15 is 0 Å². The first-order chi connectivity index (χ1) is 6.85. The lowest BCUT2D eigenvalue weighted by Crippen LogP contribution is -2.22. The quantitative estimate of drug-likeness (QED) is 0.662. The molecule has 0 rings (SSSR count). The molecular formula is C10H18O5. The number of esters is 2. The van der Waals surface area contributed by atoms with Crippen LogP contribution in [-0.2, 0) is 19.1 Å². The Hall–Kier alpha value is -1.10. The number of methoxy groups -OCH3 is 1. The molecule has 0 aromatic heterocycles. The molecule has 0 heterocycles. The fourth-order valence-electron chi connectivity index (χ4n) is 0.793. The van der Waals surface area contributed by atoms with Crippen molar-refractivity contribution in [3.05, 3.63) is 0 Å². The summed E-state index contributed by atoms with van der Waals surface area (Å²) in [5.74, 6) is -0.890. The Labute approximate surface area is 89.4 Å². The third kappa shape index (κ3) is 9.21. The van der Waals surface area contributed by atoms with E-state index in [1.54, 1.807) is 13.8 Å². The maximum absolute atomic E-state index is 11.0. The van der Waals surface area contributed by atoms with Crippen LogP contribution in [0.4, 0.5) is 0 Å². The highest BCUT2D eigenvalue weighted by Crippen LogP contribution is 2.07. The molecule has 0 aliphatic carbocycles. The average molecular weight is 218 g/mol. The van der Waals surface area contributed by atoms with Gasteiger partial charge in [0.25, 0.3) is 0 Å². The zero-order valence-corrected chi connectivity index (χ0v) is 9.41. The van der Waals surface area contributed by atoms with Gasteiger partial charge in [0, 0.05) is 6.42 Å². The largest absolute Gasteiger partial charge is 0.469 e. The molecule has 15 heavy (non-hydrogen) atoms. The Kier molecular flexibility index (Phi) is 5.93. The lowest BCUT2D eigenvalue weighted by atomic mass is 10.1. The van der Waals surface area contributed by atoms with E-state index in [0.29, 0.717) is 6.42 Å². The van der Waals surface area contributed by atoms with Crippen molar-refractivity contribution >= 4 is 11.9 Å². The van der Waals surface area contributed by atoms with Crippen LogP contribution in [0, 0.1) is 0 Å². The van der Waals surface area contributed by atoms with Gasteiger partial charge in [-0.3, -0.25) is 9.59 Å². The third-order valence-corrected chi connectivity index (χ3v) is 1.74. The van der Waals surface area contributed by atoms with Crippen LogP contribution in [-0.4, -0.2) is 36.4 Å². The first-order valence-electron chi connectivity index (χ1n) is 4.80. The van der Waals surface area contributed by atoms with E-state index in [9.17, 15) is 14.7 Å². The van der Waals surface area contributed by atoms with E-state index in [-0.39, 0.29) is 19.4 Å². The standard InChI is InChI=1S/C10H18O5/c1-10(2,13)6-7-15-9(12)5-4-8(11)14-3/h13H,4-7H2,1-3H3. The Balaban J connectivity index is 3.54. The van der Waals surface area contributed by atoms with E-state index in [4.69, 9.17) is 4.74 Å².